The van der Waals surface area contributed by atoms with E-state index < -0.39 is 23.3 Å². The Morgan fingerprint density at radius 2 is 1.94 bits per heavy atom. The molecule has 7 nitrogen and oxygen atoms in total. The molecule has 1 aliphatic carbocycles. The number of nitrogens with zero attached hydrogens (tertiary/aromatic N) is 3. The number of nitriles is 1. The number of carbonyl (C=O) groups is 2. The quantitative estimate of drug-likeness (QED) is 0.678. The molecule has 1 unspecified atom stereocenters. The zero-order valence-corrected chi connectivity index (χ0v) is 19.2. The van der Waals surface area contributed by atoms with E-state index >= 15 is 0 Å². The van der Waals surface area contributed by atoms with Crippen LogP contribution >= 0.6 is 0 Å². The Bertz CT molecular complexity index is 978. The van der Waals surface area contributed by atoms with Gasteiger partial charge in [0.25, 0.3) is 0 Å². The average Bonchev–Trinajstić information content (AvgIpc) is 3.55. The fraction of sp³-hybridized carbons (Fsp3) is 0.625. The number of likely N-dealkylation sites (tertiary alicyclic amines) is 1. The Labute approximate surface area is 197 Å². The number of benzene rings is 1. The highest BCUT2D eigenvalue weighted by Crippen LogP contribution is 2.45. The number of urea groups is 1. The monoisotopic (exact) mass is 477 g/mol. The first-order valence-electron chi connectivity index (χ1n) is 11.9. The molecule has 2 heterocycles. The van der Waals surface area contributed by atoms with Crippen LogP contribution in [0.5, 0.6) is 0 Å². The molecule has 34 heavy (non-hydrogen) atoms. The highest BCUT2D eigenvalue weighted by Gasteiger charge is 2.50. The van der Waals surface area contributed by atoms with Gasteiger partial charge >= 0.3 is 12.2 Å². The van der Waals surface area contributed by atoms with Crippen LogP contribution in [0.4, 0.5) is 23.7 Å². The molecule has 2 aliphatic heterocycles. The average molecular weight is 478 g/mol. The van der Waals surface area contributed by atoms with Gasteiger partial charge in [-0.15, -0.1) is 0 Å². The first-order valence-corrected chi connectivity index (χ1v) is 11.9. The molecule has 1 aromatic rings. The number of piperidine rings is 1. The largest absolute Gasteiger partial charge is 0.417 e. The van der Waals surface area contributed by atoms with Crippen molar-refractivity contribution in [3.05, 3.63) is 29.3 Å². The number of anilines is 1. The standard InChI is InChI=1S/C24H30F3N5O2/c1-2-9-29-22(34)32-15-23(13-20(32)21(33)30-17-4-5-17)7-10-31(11-8-23)18-6-3-16(14-28)19(12-18)24(25,26)27/h3,6,12,17,20H,2,4-5,7-11,13,15H2,1H3,(H,29,34)(H,30,33). The number of nitrogens with one attached hydrogen (secondary N) is 2. The summed E-state index contributed by atoms with van der Waals surface area (Å²) in [6, 6.07) is 4.86. The van der Waals surface area contributed by atoms with Crippen LogP contribution in [0.15, 0.2) is 18.2 Å². The van der Waals surface area contributed by atoms with Crippen LogP contribution in [0.25, 0.3) is 0 Å². The Balaban J connectivity index is 1.47. The lowest BCUT2D eigenvalue weighted by molar-refractivity contribution is -0.137. The third kappa shape index (κ3) is 5.08. The number of hydrogen-bond donors (Lipinski definition) is 2. The van der Waals surface area contributed by atoms with E-state index in [1.807, 2.05) is 11.8 Å². The summed E-state index contributed by atoms with van der Waals surface area (Å²) in [6.07, 6.45) is 0.00962. The maximum absolute atomic E-state index is 13.4. The van der Waals surface area contributed by atoms with Gasteiger partial charge in [-0.05, 0) is 62.1 Å². The Hall–Kier alpha value is -2.96. The normalized spacial score (nSPS) is 21.9. The molecule has 10 heteroatoms. The molecule has 184 valence electrons. The molecule has 0 bridgehead atoms. The van der Waals surface area contributed by atoms with E-state index in [4.69, 9.17) is 5.26 Å². The van der Waals surface area contributed by atoms with Crippen LogP contribution in [-0.4, -0.2) is 55.1 Å². The van der Waals surface area contributed by atoms with Crippen LogP contribution in [0.1, 0.15) is 56.6 Å². The summed E-state index contributed by atoms with van der Waals surface area (Å²) in [6.45, 7) is 3.99. The van der Waals surface area contributed by atoms with Gasteiger partial charge in [0.1, 0.15) is 6.04 Å². The molecule has 1 spiro atoms. The molecule has 1 aromatic carbocycles. The summed E-state index contributed by atoms with van der Waals surface area (Å²) in [4.78, 5) is 29.3. The maximum atomic E-state index is 13.4. The minimum Gasteiger partial charge on any atom is -0.371 e. The van der Waals surface area contributed by atoms with Crippen molar-refractivity contribution in [2.24, 2.45) is 5.41 Å². The van der Waals surface area contributed by atoms with Crippen LogP contribution in [-0.2, 0) is 11.0 Å². The second kappa shape index (κ2) is 9.35. The molecule has 0 radical (unpaired) electrons. The molecule has 3 fully saturated rings. The smallest absolute Gasteiger partial charge is 0.371 e. The Morgan fingerprint density at radius 1 is 1.24 bits per heavy atom. The third-order valence-corrected chi connectivity index (χ3v) is 7.14. The van der Waals surface area contributed by atoms with Gasteiger partial charge in [0.2, 0.25) is 5.91 Å². The lowest BCUT2D eigenvalue weighted by Gasteiger charge is -2.40. The number of alkyl halides is 3. The van der Waals surface area contributed by atoms with Crippen molar-refractivity contribution >= 4 is 17.6 Å². The highest BCUT2D eigenvalue weighted by molar-refractivity contribution is 5.88. The maximum Gasteiger partial charge on any atom is 0.417 e. The minimum atomic E-state index is -4.60. The van der Waals surface area contributed by atoms with Crippen molar-refractivity contribution in [1.82, 2.24) is 15.5 Å². The van der Waals surface area contributed by atoms with Crippen LogP contribution < -0.4 is 15.5 Å². The predicted octanol–water partition coefficient (Wildman–Crippen LogP) is 3.64. The van der Waals surface area contributed by atoms with Crippen molar-refractivity contribution in [3.8, 4) is 6.07 Å². The van der Waals surface area contributed by atoms with Crippen LogP contribution in [0, 0.1) is 16.7 Å². The highest BCUT2D eigenvalue weighted by atomic mass is 19.4. The van der Waals surface area contributed by atoms with E-state index in [2.05, 4.69) is 10.6 Å². The van der Waals surface area contributed by atoms with Gasteiger partial charge in [-0.1, -0.05) is 6.92 Å². The fourth-order valence-corrected chi connectivity index (χ4v) is 5.03. The van der Waals surface area contributed by atoms with Gasteiger partial charge in [-0.3, -0.25) is 4.79 Å². The number of carbonyl (C=O) groups excluding carboxylic acids is 2. The van der Waals surface area contributed by atoms with Gasteiger partial charge in [0, 0.05) is 37.9 Å². The first kappa shape index (κ1) is 24.2. The van der Waals surface area contributed by atoms with Crippen molar-refractivity contribution < 1.29 is 22.8 Å². The molecule has 3 aliphatic rings. The summed E-state index contributed by atoms with van der Waals surface area (Å²) in [5, 5.41) is 14.9. The molecule has 3 amide bonds. The van der Waals surface area contributed by atoms with Gasteiger partial charge < -0.3 is 20.4 Å². The number of hydrogen-bond acceptors (Lipinski definition) is 4. The van der Waals surface area contributed by atoms with Crippen molar-refractivity contribution in [3.63, 3.8) is 0 Å². The van der Waals surface area contributed by atoms with E-state index in [1.54, 1.807) is 17.0 Å². The van der Waals surface area contributed by atoms with Gasteiger partial charge in [-0.2, -0.15) is 18.4 Å². The lowest BCUT2D eigenvalue weighted by Crippen LogP contribution is -2.50. The molecule has 1 atom stereocenters. The van der Waals surface area contributed by atoms with Gasteiger partial charge in [-0.25, -0.2) is 4.79 Å². The molecular formula is C24H30F3N5O2. The van der Waals surface area contributed by atoms with E-state index in [0.29, 0.717) is 51.1 Å². The van der Waals surface area contributed by atoms with E-state index in [0.717, 1.165) is 25.3 Å². The van der Waals surface area contributed by atoms with Crippen molar-refractivity contribution in [2.75, 3.05) is 31.1 Å². The summed E-state index contributed by atoms with van der Waals surface area (Å²) in [5.41, 5.74) is -1.13. The molecule has 2 N–H and O–H groups in total. The van der Waals surface area contributed by atoms with Crippen molar-refractivity contribution in [2.45, 2.75) is 63.7 Å². The summed E-state index contributed by atoms with van der Waals surface area (Å²) in [5.74, 6) is -0.115. The third-order valence-electron chi connectivity index (χ3n) is 7.14. The zero-order chi connectivity index (χ0) is 24.5. The van der Waals surface area contributed by atoms with E-state index in [1.165, 1.54) is 6.07 Å². The summed E-state index contributed by atoms with van der Waals surface area (Å²) in [7, 11) is 0. The summed E-state index contributed by atoms with van der Waals surface area (Å²) >= 11 is 0. The molecule has 4 rings (SSSR count). The molecule has 1 saturated carbocycles. The number of amides is 3. The molecule has 2 saturated heterocycles. The zero-order valence-electron chi connectivity index (χ0n) is 19.2. The number of halogens is 3. The second-order valence-corrected chi connectivity index (χ2v) is 9.69. The molecular weight excluding hydrogens is 447 g/mol. The van der Waals surface area contributed by atoms with Crippen molar-refractivity contribution in [1.29, 1.82) is 5.26 Å². The Kier molecular flexibility index (Phi) is 6.65. The SMILES string of the molecule is CCCNC(=O)N1CC2(CCN(c3ccc(C#N)c(C(F)(F)F)c3)CC2)CC1C(=O)NC1CC1. The predicted molar refractivity (Wildman–Crippen MR) is 120 cm³/mol. The van der Waals surface area contributed by atoms with E-state index in [9.17, 15) is 22.8 Å². The first-order chi connectivity index (χ1) is 16.2. The lowest BCUT2D eigenvalue weighted by atomic mass is 9.76. The number of rotatable bonds is 5. The van der Waals surface area contributed by atoms with Gasteiger partial charge in [0.05, 0.1) is 17.2 Å². The van der Waals surface area contributed by atoms with Crippen LogP contribution in [0.3, 0.4) is 0 Å². The topological polar surface area (TPSA) is 88.5 Å². The Morgan fingerprint density at radius 3 is 2.53 bits per heavy atom. The van der Waals surface area contributed by atoms with Gasteiger partial charge in [0.15, 0.2) is 0 Å². The summed E-state index contributed by atoms with van der Waals surface area (Å²) < 4.78 is 40.2. The fourth-order valence-electron chi connectivity index (χ4n) is 5.03. The minimum absolute atomic E-state index is 0.115. The van der Waals surface area contributed by atoms with E-state index in [-0.39, 0.29) is 23.4 Å². The second-order valence-electron chi connectivity index (χ2n) is 9.69. The molecule has 0 aromatic heterocycles. The van der Waals surface area contributed by atoms with Crippen LogP contribution in [0.2, 0.25) is 0 Å².